The minimum Gasteiger partial charge on any atom is -0.379 e. The third kappa shape index (κ3) is 4.74. The molecule has 2 heterocycles. The number of nitrogens with one attached hydrogen (secondary N) is 1. The van der Waals surface area contributed by atoms with Gasteiger partial charge < -0.3 is 10.1 Å². The molecular weight excluding hydrogens is 348 g/mol. The van der Waals surface area contributed by atoms with Crippen molar-refractivity contribution < 1.29 is 4.74 Å². The summed E-state index contributed by atoms with van der Waals surface area (Å²) in [5.41, 5.74) is 4.49. The topological polar surface area (TPSA) is 50.3 Å². The Kier molecular flexibility index (Phi) is 5.95. The Morgan fingerprint density at radius 3 is 2.50 bits per heavy atom. The van der Waals surface area contributed by atoms with E-state index < -0.39 is 0 Å². The van der Waals surface area contributed by atoms with Crippen molar-refractivity contribution in [3.63, 3.8) is 0 Å². The Balaban J connectivity index is 1.43. The first-order valence-corrected chi connectivity index (χ1v) is 9.81. The number of rotatable bonds is 6. The zero-order valence-electron chi connectivity index (χ0n) is 16.2. The highest BCUT2D eigenvalue weighted by Crippen LogP contribution is 2.22. The fourth-order valence-corrected chi connectivity index (χ4v) is 3.42. The predicted molar refractivity (Wildman–Crippen MR) is 112 cm³/mol. The van der Waals surface area contributed by atoms with Crippen LogP contribution in [-0.2, 0) is 11.3 Å². The third-order valence-electron chi connectivity index (χ3n) is 5.06. The Bertz CT molecular complexity index is 877. The lowest BCUT2D eigenvalue weighted by Gasteiger charge is -2.26. The second kappa shape index (κ2) is 8.95. The lowest BCUT2D eigenvalue weighted by molar-refractivity contribution is 0.0342. The fraction of sp³-hybridized carbons (Fsp3) is 0.304. The van der Waals surface area contributed by atoms with E-state index >= 15 is 0 Å². The number of benzene rings is 2. The molecule has 1 atom stereocenters. The Morgan fingerprint density at radius 2 is 1.75 bits per heavy atom. The maximum Gasteiger partial charge on any atom is 0.145 e. The first kappa shape index (κ1) is 18.6. The SMILES string of the molecule is CC(Nc1cncc(-c2ccc(CN3CCOCC3)cc2)n1)c1ccccc1. The van der Waals surface area contributed by atoms with Gasteiger partial charge in [0.25, 0.3) is 0 Å². The van der Waals surface area contributed by atoms with Gasteiger partial charge >= 0.3 is 0 Å². The van der Waals surface area contributed by atoms with Crippen molar-refractivity contribution in [2.75, 3.05) is 31.6 Å². The van der Waals surface area contributed by atoms with E-state index in [1.54, 1.807) is 6.20 Å². The molecule has 144 valence electrons. The number of hydrogen-bond donors (Lipinski definition) is 1. The molecule has 1 fully saturated rings. The number of hydrogen-bond acceptors (Lipinski definition) is 5. The summed E-state index contributed by atoms with van der Waals surface area (Å²) in [6.07, 6.45) is 3.59. The summed E-state index contributed by atoms with van der Waals surface area (Å²) in [4.78, 5) is 11.6. The highest BCUT2D eigenvalue weighted by molar-refractivity contribution is 5.60. The summed E-state index contributed by atoms with van der Waals surface area (Å²) in [5.74, 6) is 0.784. The van der Waals surface area contributed by atoms with Gasteiger partial charge in [0, 0.05) is 31.2 Å². The molecule has 28 heavy (non-hydrogen) atoms. The maximum absolute atomic E-state index is 5.42. The van der Waals surface area contributed by atoms with Crippen LogP contribution in [0, 0.1) is 0 Å². The van der Waals surface area contributed by atoms with Crippen molar-refractivity contribution in [1.29, 1.82) is 0 Å². The molecule has 1 unspecified atom stereocenters. The Morgan fingerprint density at radius 1 is 1.00 bits per heavy atom. The quantitative estimate of drug-likeness (QED) is 0.702. The number of morpholine rings is 1. The van der Waals surface area contributed by atoms with Crippen LogP contribution >= 0.6 is 0 Å². The maximum atomic E-state index is 5.42. The van der Waals surface area contributed by atoms with E-state index in [9.17, 15) is 0 Å². The van der Waals surface area contributed by atoms with Crippen molar-refractivity contribution in [1.82, 2.24) is 14.9 Å². The van der Waals surface area contributed by atoms with E-state index in [1.807, 2.05) is 24.4 Å². The van der Waals surface area contributed by atoms with Crippen molar-refractivity contribution in [2.45, 2.75) is 19.5 Å². The van der Waals surface area contributed by atoms with Gasteiger partial charge in [-0.25, -0.2) is 4.98 Å². The van der Waals surface area contributed by atoms with E-state index in [2.05, 4.69) is 58.5 Å². The van der Waals surface area contributed by atoms with Gasteiger partial charge in [-0.15, -0.1) is 0 Å². The van der Waals surface area contributed by atoms with Gasteiger partial charge in [-0.1, -0.05) is 54.6 Å². The van der Waals surface area contributed by atoms with E-state index in [4.69, 9.17) is 9.72 Å². The zero-order chi connectivity index (χ0) is 19.2. The van der Waals surface area contributed by atoms with Crippen molar-refractivity contribution in [2.24, 2.45) is 0 Å². The predicted octanol–water partition coefficient (Wildman–Crippen LogP) is 4.15. The van der Waals surface area contributed by atoms with Crippen molar-refractivity contribution in [3.8, 4) is 11.3 Å². The Hall–Kier alpha value is -2.76. The molecule has 1 aromatic heterocycles. The lowest BCUT2D eigenvalue weighted by Crippen LogP contribution is -2.35. The molecule has 0 radical (unpaired) electrons. The molecular formula is C23H26N4O. The molecule has 0 spiro atoms. The van der Waals surface area contributed by atoms with Crippen LogP contribution in [0.15, 0.2) is 67.0 Å². The van der Waals surface area contributed by atoms with Gasteiger partial charge in [0.1, 0.15) is 5.82 Å². The van der Waals surface area contributed by atoms with Gasteiger partial charge in [-0.3, -0.25) is 9.88 Å². The first-order chi connectivity index (χ1) is 13.8. The van der Waals surface area contributed by atoms with Crippen LogP contribution in [0.1, 0.15) is 24.1 Å². The molecule has 5 heteroatoms. The third-order valence-corrected chi connectivity index (χ3v) is 5.06. The normalized spacial score (nSPS) is 15.9. The standard InChI is InChI=1S/C23H26N4O/c1-18(20-5-3-2-4-6-20)25-23-16-24-15-22(26-23)21-9-7-19(8-10-21)17-27-11-13-28-14-12-27/h2-10,15-16,18H,11-14,17H2,1H3,(H,25,26). The number of anilines is 1. The van der Waals surface area contributed by atoms with Crippen LogP contribution < -0.4 is 5.32 Å². The number of aromatic nitrogens is 2. The molecule has 1 aliphatic rings. The van der Waals surface area contributed by atoms with Crippen LogP contribution in [0.3, 0.4) is 0 Å². The molecule has 1 saturated heterocycles. The fourth-order valence-electron chi connectivity index (χ4n) is 3.42. The molecule has 5 nitrogen and oxygen atoms in total. The van der Waals surface area contributed by atoms with Crippen LogP contribution in [0.2, 0.25) is 0 Å². The lowest BCUT2D eigenvalue weighted by atomic mass is 10.1. The van der Waals surface area contributed by atoms with Gasteiger partial charge in [0.05, 0.1) is 31.3 Å². The number of ether oxygens (including phenoxy) is 1. The summed E-state index contributed by atoms with van der Waals surface area (Å²) in [6.45, 7) is 6.75. The summed E-state index contributed by atoms with van der Waals surface area (Å²) in [7, 11) is 0. The molecule has 2 aromatic carbocycles. The van der Waals surface area contributed by atoms with Gasteiger partial charge in [0.2, 0.25) is 0 Å². The zero-order valence-corrected chi connectivity index (χ0v) is 16.2. The molecule has 1 N–H and O–H groups in total. The van der Waals surface area contributed by atoms with Gasteiger partial charge in [-0.05, 0) is 18.1 Å². The first-order valence-electron chi connectivity index (χ1n) is 9.81. The smallest absolute Gasteiger partial charge is 0.145 e. The average molecular weight is 374 g/mol. The van der Waals surface area contributed by atoms with E-state index in [-0.39, 0.29) is 6.04 Å². The minimum atomic E-state index is 0.168. The van der Waals surface area contributed by atoms with Crippen molar-refractivity contribution >= 4 is 5.82 Å². The second-order valence-corrected chi connectivity index (χ2v) is 7.15. The van der Waals surface area contributed by atoms with E-state index in [0.717, 1.165) is 49.9 Å². The molecule has 0 aliphatic carbocycles. The molecule has 0 bridgehead atoms. The molecule has 0 saturated carbocycles. The summed E-state index contributed by atoms with van der Waals surface area (Å²) in [5, 5.41) is 3.44. The molecule has 0 amide bonds. The van der Waals surface area contributed by atoms with Crippen LogP contribution in [0.25, 0.3) is 11.3 Å². The van der Waals surface area contributed by atoms with Crippen molar-refractivity contribution in [3.05, 3.63) is 78.1 Å². The summed E-state index contributed by atoms with van der Waals surface area (Å²) >= 11 is 0. The minimum absolute atomic E-state index is 0.168. The monoisotopic (exact) mass is 374 g/mol. The highest BCUT2D eigenvalue weighted by Gasteiger charge is 2.11. The van der Waals surface area contributed by atoms with Crippen LogP contribution in [-0.4, -0.2) is 41.2 Å². The van der Waals surface area contributed by atoms with E-state index in [0.29, 0.717) is 0 Å². The molecule has 3 aromatic rings. The van der Waals surface area contributed by atoms with Gasteiger partial charge in [0.15, 0.2) is 0 Å². The average Bonchev–Trinajstić information content (AvgIpc) is 2.76. The Labute approximate surface area is 166 Å². The van der Waals surface area contributed by atoms with Crippen LogP contribution in [0.5, 0.6) is 0 Å². The number of nitrogens with zero attached hydrogens (tertiary/aromatic N) is 3. The summed E-state index contributed by atoms with van der Waals surface area (Å²) < 4.78 is 5.42. The second-order valence-electron chi connectivity index (χ2n) is 7.15. The highest BCUT2D eigenvalue weighted by atomic mass is 16.5. The summed E-state index contributed by atoms with van der Waals surface area (Å²) in [6, 6.07) is 19.1. The van der Waals surface area contributed by atoms with Crippen LogP contribution in [0.4, 0.5) is 5.82 Å². The molecule has 1 aliphatic heterocycles. The van der Waals surface area contributed by atoms with Gasteiger partial charge in [-0.2, -0.15) is 0 Å². The largest absolute Gasteiger partial charge is 0.379 e. The van der Waals surface area contributed by atoms with E-state index in [1.165, 1.54) is 11.1 Å². The molecule has 4 rings (SSSR count).